The predicted octanol–water partition coefficient (Wildman–Crippen LogP) is 0.997. The van der Waals surface area contributed by atoms with Crippen LogP contribution in [0, 0.1) is 5.92 Å². The van der Waals surface area contributed by atoms with Gasteiger partial charge in [-0.1, -0.05) is 0 Å². The fraction of sp³-hybridized carbons (Fsp3) is 0.909. The van der Waals surface area contributed by atoms with E-state index in [1.54, 1.807) is 0 Å². The lowest BCUT2D eigenvalue weighted by molar-refractivity contribution is -0.132. The molecule has 0 aromatic carbocycles. The molecule has 2 aliphatic carbocycles. The Labute approximate surface area is 85.8 Å². The minimum atomic E-state index is 0.260. The number of likely N-dealkylation sites (N-methyl/N-ethyl adjacent to an activating group) is 1. The number of carbonyl (C=O) groups excluding carboxylic acids is 1. The standard InChI is InChI=1S/C11H20N2O/c1-13(10-3-2-4-10)11(14)8-12-7-9-5-6-9/h9-10,12H,2-8H2,1H3. The maximum absolute atomic E-state index is 11.6. The highest BCUT2D eigenvalue weighted by Crippen LogP contribution is 2.27. The summed E-state index contributed by atoms with van der Waals surface area (Å²) in [4.78, 5) is 13.6. The van der Waals surface area contributed by atoms with Crippen molar-refractivity contribution in [2.75, 3.05) is 20.1 Å². The average Bonchev–Trinajstić information content (AvgIpc) is 2.84. The van der Waals surface area contributed by atoms with E-state index in [0.29, 0.717) is 12.6 Å². The molecule has 0 heterocycles. The Kier molecular flexibility index (Phi) is 3.06. The van der Waals surface area contributed by atoms with E-state index in [-0.39, 0.29) is 5.91 Å². The lowest BCUT2D eigenvalue weighted by Gasteiger charge is -2.34. The van der Waals surface area contributed by atoms with E-state index in [1.807, 2.05) is 11.9 Å². The van der Waals surface area contributed by atoms with Gasteiger partial charge in [-0.25, -0.2) is 0 Å². The molecule has 0 saturated heterocycles. The molecular formula is C11H20N2O. The minimum Gasteiger partial charge on any atom is -0.342 e. The van der Waals surface area contributed by atoms with Crippen LogP contribution in [0.3, 0.4) is 0 Å². The lowest BCUT2D eigenvalue weighted by Crippen LogP contribution is -2.45. The quantitative estimate of drug-likeness (QED) is 0.711. The third-order valence-electron chi connectivity index (χ3n) is 3.42. The van der Waals surface area contributed by atoms with Crippen molar-refractivity contribution in [1.82, 2.24) is 10.2 Å². The van der Waals surface area contributed by atoms with Crippen LogP contribution >= 0.6 is 0 Å². The van der Waals surface area contributed by atoms with Crippen molar-refractivity contribution < 1.29 is 4.79 Å². The summed E-state index contributed by atoms with van der Waals surface area (Å²) in [7, 11) is 1.94. The van der Waals surface area contributed by atoms with Gasteiger partial charge in [-0.2, -0.15) is 0 Å². The largest absolute Gasteiger partial charge is 0.342 e. The monoisotopic (exact) mass is 196 g/mol. The van der Waals surface area contributed by atoms with E-state index in [1.165, 1.54) is 32.1 Å². The summed E-state index contributed by atoms with van der Waals surface area (Å²) in [5.41, 5.74) is 0. The summed E-state index contributed by atoms with van der Waals surface area (Å²) >= 11 is 0. The maximum Gasteiger partial charge on any atom is 0.236 e. The Morgan fingerprint density at radius 3 is 2.57 bits per heavy atom. The highest BCUT2D eigenvalue weighted by molar-refractivity contribution is 5.78. The van der Waals surface area contributed by atoms with Gasteiger partial charge in [0.1, 0.15) is 0 Å². The van der Waals surface area contributed by atoms with Crippen LogP contribution in [0.2, 0.25) is 0 Å². The second-order valence-corrected chi connectivity index (χ2v) is 4.66. The van der Waals surface area contributed by atoms with E-state index in [2.05, 4.69) is 5.32 Å². The summed E-state index contributed by atoms with van der Waals surface area (Å²) in [6.07, 6.45) is 6.38. The summed E-state index contributed by atoms with van der Waals surface area (Å²) < 4.78 is 0. The van der Waals surface area contributed by atoms with Crippen molar-refractivity contribution in [2.45, 2.75) is 38.1 Å². The first-order valence-electron chi connectivity index (χ1n) is 5.74. The zero-order valence-corrected chi connectivity index (χ0v) is 8.96. The number of rotatable bonds is 5. The minimum absolute atomic E-state index is 0.260. The molecule has 0 aromatic heterocycles. The molecule has 0 radical (unpaired) electrons. The van der Waals surface area contributed by atoms with Gasteiger partial charge in [0.05, 0.1) is 6.54 Å². The van der Waals surface area contributed by atoms with Gasteiger partial charge in [0.2, 0.25) is 5.91 Å². The van der Waals surface area contributed by atoms with E-state index < -0.39 is 0 Å². The number of nitrogens with one attached hydrogen (secondary N) is 1. The van der Waals surface area contributed by atoms with E-state index in [4.69, 9.17) is 0 Å². The van der Waals surface area contributed by atoms with Crippen molar-refractivity contribution in [1.29, 1.82) is 0 Å². The zero-order valence-electron chi connectivity index (χ0n) is 8.96. The molecule has 1 N–H and O–H groups in total. The van der Waals surface area contributed by atoms with Crippen LogP contribution in [-0.2, 0) is 4.79 Å². The second-order valence-electron chi connectivity index (χ2n) is 4.66. The molecule has 0 bridgehead atoms. The second kappa shape index (κ2) is 4.30. The van der Waals surface area contributed by atoms with Gasteiger partial charge >= 0.3 is 0 Å². The Bertz CT molecular complexity index is 209. The molecule has 2 saturated carbocycles. The van der Waals surface area contributed by atoms with Gasteiger partial charge in [-0.15, -0.1) is 0 Å². The molecule has 3 heteroatoms. The Morgan fingerprint density at radius 1 is 1.36 bits per heavy atom. The van der Waals surface area contributed by atoms with E-state index in [9.17, 15) is 4.79 Å². The van der Waals surface area contributed by atoms with Gasteiger partial charge in [-0.3, -0.25) is 4.79 Å². The summed E-state index contributed by atoms with van der Waals surface area (Å²) in [6.45, 7) is 1.56. The number of nitrogens with zero attached hydrogens (tertiary/aromatic N) is 1. The lowest BCUT2D eigenvalue weighted by atomic mass is 9.92. The first-order chi connectivity index (χ1) is 6.77. The zero-order chi connectivity index (χ0) is 9.97. The Morgan fingerprint density at radius 2 is 2.07 bits per heavy atom. The molecule has 1 amide bonds. The molecule has 0 aliphatic heterocycles. The van der Waals surface area contributed by atoms with Gasteiger partial charge in [-0.05, 0) is 44.6 Å². The smallest absolute Gasteiger partial charge is 0.236 e. The Balaban J connectivity index is 1.60. The Hall–Kier alpha value is -0.570. The normalized spacial score (nSPS) is 21.8. The van der Waals surface area contributed by atoms with Crippen LogP contribution in [0.1, 0.15) is 32.1 Å². The molecule has 2 fully saturated rings. The van der Waals surface area contributed by atoms with Crippen LogP contribution in [-0.4, -0.2) is 37.0 Å². The van der Waals surface area contributed by atoms with Crippen LogP contribution in [0.5, 0.6) is 0 Å². The molecule has 0 spiro atoms. The molecule has 2 rings (SSSR count). The van der Waals surface area contributed by atoms with Crippen molar-refractivity contribution in [3.05, 3.63) is 0 Å². The van der Waals surface area contributed by atoms with Crippen LogP contribution in [0.4, 0.5) is 0 Å². The highest BCUT2D eigenvalue weighted by Gasteiger charge is 2.26. The van der Waals surface area contributed by atoms with E-state index >= 15 is 0 Å². The van der Waals surface area contributed by atoms with Crippen LogP contribution in [0.15, 0.2) is 0 Å². The number of carbonyl (C=O) groups is 1. The first kappa shape index (κ1) is 9.97. The number of amides is 1. The predicted molar refractivity (Wildman–Crippen MR) is 56.0 cm³/mol. The SMILES string of the molecule is CN(C(=O)CNCC1CC1)C1CCC1. The van der Waals surface area contributed by atoms with Gasteiger partial charge < -0.3 is 10.2 Å². The van der Waals surface area contributed by atoms with Crippen LogP contribution in [0.25, 0.3) is 0 Å². The van der Waals surface area contributed by atoms with Gasteiger partial charge in [0, 0.05) is 13.1 Å². The fourth-order valence-electron chi connectivity index (χ4n) is 1.81. The highest BCUT2D eigenvalue weighted by atomic mass is 16.2. The topological polar surface area (TPSA) is 32.3 Å². The van der Waals surface area contributed by atoms with E-state index in [0.717, 1.165) is 12.5 Å². The van der Waals surface area contributed by atoms with Crippen LogP contribution < -0.4 is 5.32 Å². The maximum atomic E-state index is 11.6. The van der Waals surface area contributed by atoms with Crippen molar-refractivity contribution >= 4 is 5.91 Å². The molecule has 0 aromatic rings. The number of hydrogen-bond donors (Lipinski definition) is 1. The summed E-state index contributed by atoms with van der Waals surface area (Å²) in [5.74, 6) is 1.12. The fourth-order valence-corrected chi connectivity index (χ4v) is 1.81. The molecule has 0 unspecified atom stereocenters. The van der Waals surface area contributed by atoms with Crippen molar-refractivity contribution in [3.8, 4) is 0 Å². The molecule has 80 valence electrons. The number of hydrogen-bond acceptors (Lipinski definition) is 2. The first-order valence-corrected chi connectivity index (χ1v) is 5.74. The van der Waals surface area contributed by atoms with Crippen molar-refractivity contribution in [2.24, 2.45) is 5.92 Å². The molecule has 14 heavy (non-hydrogen) atoms. The third-order valence-corrected chi connectivity index (χ3v) is 3.42. The summed E-state index contributed by atoms with van der Waals surface area (Å²) in [6, 6.07) is 0.533. The molecule has 0 atom stereocenters. The third kappa shape index (κ3) is 2.47. The van der Waals surface area contributed by atoms with Gasteiger partial charge in [0.15, 0.2) is 0 Å². The molecule has 3 nitrogen and oxygen atoms in total. The summed E-state index contributed by atoms with van der Waals surface area (Å²) in [5, 5.41) is 3.24. The average molecular weight is 196 g/mol. The molecule has 2 aliphatic rings. The van der Waals surface area contributed by atoms with Crippen molar-refractivity contribution in [3.63, 3.8) is 0 Å². The molecular weight excluding hydrogens is 176 g/mol. The van der Waals surface area contributed by atoms with Gasteiger partial charge in [0.25, 0.3) is 0 Å².